The molecule has 1 unspecified atom stereocenters. The van der Waals surface area contributed by atoms with Gasteiger partial charge in [-0.05, 0) is 42.5 Å². The van der Waals surface area contributed by atoms with Gasteiger partial charge >= 0.3 is 0 Å². The van der Waals surface area contributed by atoms with Gasteiger partial charge in [-0.3, -0.25) is 4.79 Å². The van der Waals surface area contributed by atoms with Gasteiger partial charge < -0.3 is 5.73 Å². The third-order valence-electron chi connectivity index (χ3n) is 2.98. The van der Waals surface area contributed by atoms with E-state index in [4.69, 9.17) is 5.73 Å². The maximum Gasteiger partial charge on any atom is 0.137 e. The quantitative estimate of drug-likeness (QED) is 0.826. The molecule has 2 nitrogen and oxygen atoms in total. The molecule has 19 heavy (non-hydrogen) atoms. The number of benzene rings is 1. The van der Waals surface area contributed by atoms with Crippen LogP contribution in [0.4, 0.5) is 8.78 Å². The summed E-state index contributed by atoms with van der Waals surface area (Å²) < 4.78 is 26.0. The zero-order chi connectivity index (χ0) is 14.4. The van der Waals surface area contributed by atoms with E-state index in [9.17, 15) is 13.6 Å². The van der Waals surface area contributed by atoms with Gasteiger partial charge in [-0.15, -0.1) is 0 Å². The van der Waals surface area contributed by atoms with Crippen LogP contribution in [0.5, 0.6) is 0 Å². The molecular weight excluding hydrogens is 248 g/mol. The highest BCUT2D eigenvalue weighted by Crippen LogP contribution is 2.16. The molecule has 106 valence electrons. The topological polar surface area (TPSA) is 43.1 Å². The SMILES string of the molecule is CC(C)CC(CN)CC(=O)Cc1cc(F)cc(F)c1. The molecule has 1 aromatic rings. The van der Waals surface area contributed by atoms with Crippen molar-refractivity contribution in [2.45, 2.75) is 33.1 Å². The van der Waals surface area contributed by atoms with Gasteiger partial charge in [0.05, 0.1) is 0 Å². The average Bonchev–Trinajstić information content (AvgIpc) is 2.25. The van der Waals surface area contributed by atoms with Crippen LogP contribution in [0.3, 0.4) is 0 Å². The van der Waals surface area contributed by atoms with Gasteiger partial charge in [-0.1, -0.05) is 13.8 Å². The molecule has 0 fully saturated rings. The lowest BCUT2D eigenvalue weighted by atomic mass is 9.91. The molecule has 1 rings (SSSR count). The van der Waals surface area contributed by atoms with E-state index in [1.54, 1.807) is 0 Å². The molecule has 0 amide bonds. The van der Waals surface area contributed by atoms with Crippen LogP contribution in [-0.4, -0.2) is 12.3 Å². The minimum absolute atomic E-state index is 0.0268. The van der Waals surface area contributed by atoms with Gasteiger partial charge in [0.1, 0.15) is 17.4 Å². The van der Waals surface area contributed by atoms with Crippen molar-refractivity contribution < 1.29 is 13.6 Å². The first-order valence-corrected chi connectivity index (χ1v) is 6.57. The third-order valence-corrected chi connectivity index (χ3v) is 2.98. The Bertz CT molecular complexity index is 412. The zero-order valence-electron chi connectivity index (χ0n) is 11.5. The van der Waals surface area contributed by atoms with Crippen LogP contribution in [-0.2, 0) is 11.2 Å². The Kier molecular flexibility index (Phi) is 6.09. The van der Waals surface area contributed by atoms with Gasteiger partial charge in [0, 0.05) is 18.9 Å². The minimum atomic E-state index is -0.652. The van der Waals surface area contributed by atoms with E-state index in [0.29, 0.717) is 24.4 Å². The summed E-state index contributed by atoms with van der Waals surface area (Å²) in [6, 6.07) is 3.19. The second-order valence-corrected chi connectivity index (χ2v) is 5.43. The minimum Gasteiger partial charge on any atom is -0.330 e. The van der Waals surface area contributed by atoms with Gasteiger partial charge in [-0.25, -0.2) is 8.78 Å². The molecule has 0 spiro atoms. The van der Waals surface area contributed by atoms with Crippen molar-refractivity contribution >= 4 is 5.78 Å². The van der Waals surface area contributed by atoms with Gasteiger partial charge in [-0.2, -0.15) is 0 Å². The van der Waals surface area contributed by atoms with Crippen LogP contribution in [0.1, 0.15) is 32.3 Å². The van der Waals surface area contributed by atoms with Crippen LogP contribution in [0, 0.1) is 23.5 Å². The largest absolute Gasteiger partial charge is 0.330 e. The van der Waals surface area contributed by atoms with E-state index in [0.717, 1.165) is 12.5 Å². The zero-order valence-corrected chi connectivity index (χ0v) is 11.5. The molecule has 0 radical (unpaired) electrons. The molecule has 0 aromatic heterocycles. The number of hydrogen-bond donors (Lipinski definition) is 1. The fourth-order valence-corrected chi connectivity index (χ4v) is 2.26. The Labute approximate surface area is 113 Å². The molecule has 0 aliphatic carbocycles. The molecule has 0 saturated carbocycles. The van der Waals surface area contributed by atoms with E-state index in [-0.39, 0.29) is 18.1 Å². The Morgan fingerprint density at radius 1 is 1.21 bits per heavy atom. The summed E-state index contributed by atoms with van der Waals surface area (Å²) in [6.07, 6.45) is 1.32. The van der Waals surface area contributed by atoms with E-state index >= 15 is 0 Å². The van der Waals surface area contributed by atoms with E-state index < -0.39 is 11.6 Å². The smallest absolute Gasteiger partial charge is 0.137 e. The molecular formula is C15H21F2NO. The van der Waals surface area contributed by atoms with Crippen molar-refractivity contribution in [2.75, 3.05) is 6.54 Å². The fourth-order valence-electron chi connectivity index (χ4n) is 2.26. The van der Waals surface area contributed by atoms with E-state index in [1.807, 2.05) is 0 Å². The van der Waals surface area contributed by atoms with Crippen molar-refractivity contribution in [1.29, 1.82) is 0 Å². The first-order valence-electron chi connectivity index (χ1n) is 6.57. The highest BCUT2D eigenvalue weighted by molar-refractivity contribution is 5.81. The number of hydrogen-bond acceptors (Lipinski definition) is 2. The number of nitrogens with two attached hydrogens (primary N) is 1. The highest BCUT2D eigenvalue weighted by atomic mass is 19.1. The first kappa shape index (κ1) is 15.8. The number of rotatable bonds is 7. The standard InChI is InChI=1S/C15H21F2NO/c1-10(2)3-12(9-18)7-15(19)6-11-4-13(16)8-14(17)5-11/h4-5,8,10,12H,3,6-7,9,18H2,1-2H3. The van der Waals surface area contributed by atoms with Crippen molar-refractivity contribution in [3.05, 3.63) is 35.4 Å². The predicted octanol–water partition coefficient (Wildman–Crippen LogP) is 3.09. The second-order valence-electron chi connectivity index (χ2n) is 5.43. The number of carbonyl (C=O) groups excluding carboxylic acids is 1. The third kappa shape index (κ3) is 5.92. The summed E-state index contributed by atoms with van der Waals surface area (Å²) in [5.74, 6) is -0.708. The van der Waals surface area contributed by atoms with Crippen molar-refractivity contribution in [3.8, 4) is 0 Å². The molecule has 0 saturated heterocycles. The molecule has 1 aromatic carbocycles. The highest BCUT2D eigenvalue weighted by Gasteiger charge is 2.15. The maximum atomic E-state index is 13.0. The lowest BCUT2D eigenvalue weighted by Crippen LogP contribution is -2.20. The molecule has 0 heterocycles. The van der Waals surface area contributed by atoms with Gasteiger partial charge in [0.25, 0.3) is 0 Å². The Morgan fingerprint density at radius 3 is 2.26 bits per heavy atom. The van der Waals surface area contributed by atoms with Crippen LogP contribution < -0.4 is 5.73 Å². The summed E-state index contributed by atoms with van der Waals surface area (Å²) in [4.78, 5) is 11.9. The summed E-state index contributed by atoms with van der Waals surface area (Å²) in [6.45, 7) is 4.62. The van der Waals surface area contributed by atoms with Crippen LogP contribution in [0.25, 0.3) is 0 Å². The number of ketones is 1. The number of Topliss-reactive ketones (excluding diaryl/α,β-unsaturated/α-hetero) is 1. The number of halogens is 2. The Balaban J connectivity index is 2.58. The molecule has 2 N–H and O–H groups in total. The summed E-state index contributed by atoms with van der Waals surface area (Å²) in [5, 5.41) is 0. The van der Waals surface area contributed by atoms with Crippen molar-refractivity contribution in [2.24, 2.45) is 17.6 Å². The van der Waals surface area contributed by atoms with Gasteiger partial charge in [0.2, 0.25) is 0 Å². The molecule has 4 heteroatoms. The van der Waals surface area contributed by atoms with Gasteiger partial charge in [0.15, 0.2) is 0 Å². The predicted molar refractivity (Wildman–Crippen MR) is 71.7 cm³/mol. The second kappa shape index (κ2) is 7.34. The summed E-state index contributed by atoms with van der Waals surface area (Å²) >= 11 is 0. The van der Waals surface area contributed by atoms with Crippen molar-refractivity contribution in [3.63, 3.8) is 0 Å². The van der Waals surface area contributed by atoms with Crippen molar-refractivity contribution in [1.82, 2.24) is 0 Å². The Morgan fingerprint density at radius 2 is 1.79 bits per heavy atom. The lowest BCUT2D eigenvalue weighted by Gasteiger charge is -2.16. The monoisotopic (exact) mass is 269 g/mol. The van der Waals surface area contributed by atoms with E-state index in [1.165, 1.54) is 12.1 Å². The summed E-state index contributed by atoms with van der Waals surface area (Å²) in [7, 11) is 0. The van der Waals surface area contributed by atoms with Crippen LogP contribution >= 0.6 is 0 Å². The first-order chi connectivity index (χ1) is 8.90. The molecule has 0 aliphatic heterocycles. The molecule has 0 aliphatic rings. The van der Waals surface area contributed by atoms with E-state index in [2.05, 4.69) is 13.8 Å². The molecule has 0 bridgehead atoms. The fraction of sp³-hybridized carbons (Fsp3) is 0.533. The average molecular weight is 269 g/mol. The lowest BCUT2D eigenvalue weighted by molar-refractivity contribution is -0.119. The number of carbonyl (C=O) groups is 1. The normalized spacial score (nSPS) is 12.7. The summed E-state index contributed by atoms with van der Waals surface area (Å²) in [5.41, 5.74) is 6.02. The Hall–Kier alpha value is -1.29. The van der Waals surface area contributed by atoms with Crippen LogP contribution in [0.15, 0.2) is 18.2 Å². The van der Waals surface area contributed by atoms with Crippen LogP contribution in [0.2, 0.25) is 0 Å². The maximum absolute atomic E-state index is 13.0. The molecule has 1 atom stereocenters.